The van der Waals surface area contributed by atoms with Crippen LogP contribution in [0.3, 0.4) is 0 Å². The van der Waals surface area contributed by atoms with Crippen molar-refractivity contribution in [3.8, 4) is 0 Å². The zero-order valence-electron chi connectivity index (χ0n) is 13.3. The molecular formula is C15H15F3N4O3S. The molecule has 2 aromatic heterocycles. The Bertz CT molecular complexity index is 746. The van der Waals surface area contributed by atoms with Crippen molar-refractivity contribution in [3.63, 3.8) is 0 Å². The van der Waals surface area contributed by atoms with Gasteiger partial charge in [0.2, 0.25) is 0 Å². The minimum absolute atomic E-state index is 0.130. The van der Waals surface area contributed by atoms with Crippen molar-refractivity contribution in [3.05, 3.63) is 40.5 Å². The number of nitrogens with zero attached hydrogens (tertiary/aromatic N) is 2. The summed E-state index contributed by atoms with van der Waals surface area (Å²) in [4.78, 5) is 30.8. The summed E-state index contributed by atoms with van der Waals surface area (Å²) in [6, 6.07) is 4.30. The first-order valence-corrected chi connectivity index (χ1v) is 8.29. The number of nitrogens with one attached hydrogen (secondary N) is 2. The number of hydrogen-bond acceptors (Lipinski definition) is 6. The van der Waals surface area contributed by atoms with Gasteiger partial charge in [-0.2, -0.15) is 13.2 Å². The minimum atomic E-state index is -5.08. The smallest absolute Gasteiger partial charge is 0.475 e. The van der Waals surface area contributed by atoms with Crippen LogP contribution in [0.4, 0.5) is 19.0 Å². The Kier molecular flexibility index (Phi) is 6.64. The molecule has 3 rings (SSSR count). The van der Waals surface area contributed by atoms with E-state index in [1.54, 1.807) is 12.4 Å². The number of rotatable bonds is 3. The van der Waals surface area contributed by atoms with Crippen LogP contribution in [-0.2, 0) is 4.79 Å². The van der Waals surface area contributed by atoms with Crippen molar-refractivity contribution in [2.24, 2.45) is 0 Å². The van der Waals surface area contributed by atoms with Crippen LogP contribution in [-0.4, -0.2) is 39.7 Å². The summed E-state index contributed by atoms with van der Waals surface area (Å²) >= 11 is 1.53. The number of carbonyl (C=O) groups excluding carboxylic acids is 1. The molecule has 11 heteroatoms. The van der Waals surface area contributed by atoms with Gasteiger partial charge in [-0.3, -0.25) is 9.78 Å². The van der Waals surface area contributed by atoms with Crippen LogP contribution in [0.5, 0.6) is 0 Å². The topological polar surface area (TPSA) is 104 Å². The second kappa shape index (κ2) is 8.72. The highest BCUT2D eigenvalue weighted by Crippen LogP contribution is 2.29. The Labute approximate surface area is 150 Å². The van der Waals surface area contributed by atoms with Crippen LogP contribution in [0.2, 0.25) is 0 Å². The lowest BCUT2D eigenvalue weighted by atomic mass is 10.2. The maximum atomic E-state index is 12.1. The zero-order chi connectivity index (χ0) is 19.2. The maximum Gasteiger partial charge on any atom is 0.490 e. The van der Waals surface area contributed by atoms with E-state index >= 15 is 0 Å². The first kappa shape index (κ1) is 19.8. The number of alkyl halides is 3. The lowest BCUT2D eigenvalue weighted by Gasteiger charge is -2.06. The van der Waals surface area contributed by atoms with E-state index in [2.05, 4.69) is 20.6 Å². The van der Waals surface area contributed by atoms with E-state index in [1.807, 2.05) is 12.1 Å². The van der Waals surface area contributed by atoms with E-state index in [0.29, 0.717) is 16.7 Å². The number of anilines is 1. The van der Waals surface area contributed by atoms with Gasteiger partial charge in [0.15, 0.2) is 5.82 Å². The summed E-state index contributed by atoms with van der Waals surface area (Å²) < 4.78 is 31.7. The highest BCUT2D eigenvalue weighted by molar-refractivity contribution is 7.14. The summed E-state index contributed by atoms with van der Waals surface area (Å²) in [5.74, 6) is -2.41. The van der Waals surface area contributed by atoms with Crippen LogP contribution < -0.4 is 10.6 Å². The molecule has 1 amide bonds. The van der Waals surface area contributed by atoms with Gasteiger partial charge in [0, 0.05) is 23.3 Å². The van der Waals surface area contributed by atoms with Gasteiger partial charge >= 0.3 is 12.1 Å². The van der Waals surface area contributed by atoms with Gasteiger partial charge in [0.25, 0.3) is 5.91 Å². The summed E-state index contributed by atoms with van der Waals surface area (Å²) in [7, 11) is 0. The molecule has 0 radical (unpaired) electrons. The van der Waals surface area contributed by atoms with E-state index in [1.165, 1.54) is 28.8 Å². The molecule has 0 aromatic carbocycles. The first-order valence-electron chi connectivity index (χ1n) is 7.48. The molecule has 0 spiro atoms. The fourth-order valence-electron chi connectivity index (χ4n) is 2.13. The lowest BCUT2D eigenvalue weighted by molar-refractivity contribution is -0.192. The van der Waals surface area contributed by atoms with E-state index in [9.17, 15) is 18.0 Å². The van der Waals surface area contributed by atoms with E-state index < -0.39 is 12.1 Å². The third-order valence-corrected chi connectivity index (χ3v) is 4.50. The van der Waals surface area contributed by atoms with Gasteiger partial charge in [-0.1, -0.05) is 0 Å². The van der Waals surface area contributed by atoms with E-state index in [4.69, 9.17) is 9.90 Å². The standard InChI is InChI=1S/C13H14N4OS.C2HF3O2/c18-13(17-12-8-14-6-7-16-12)11-4-3-10(19-11)9-2-1-5-15-9;3-2(4,5)1(6)7/h3-4,6-9,15H,1-2,5H2,(H,16,17,18);(H,6,7). The highest BCUT2D eigenvalue weighted by atomic mass is 32.1. The fraction of sp³-hybridized carbons (Fsp3) is 0.333. The molecule has 0 saturated carbocycles. The molecule has 1 atom stereocenters. The van der Waals surface area contributed by atoms with Crippen molar-refractivity contribution < 1.29 is 27.9 Å². The summed E-state index contributed by atoms with van der Waals surface area (Å²) in [6.07, 6.45) is 1.92. The van der Waals surface area contributed by atoms with Crippen molar-refractivity contribution in [1.29, 1.82) is 0 Å². The molecule has 1 saturated heterocycles. The number of amides is 1. The number of aromatic nitrogens is 2. The van der Waals surface area contributed by atoms with E-state index in [-0.39, 0.29) is 5.91 Å². The molecular weight excluding hydrogens is 373 g/mol. The molecule has 0 bridgehead atoms. The number of carboxylic acid groups (broad SMARTS) is 1. The van der Waals surface area contributed by atoms with Gasteiger partial charge in [0.05, 0.1) is 11.1 Å². The Balaban J connectivity index is 0.000000298. The Hall–Kier alpha value is -2.53. The summed E-state index contributed by atoms with van der Waals surface area (Å²) in [5, 5.41) is 13.3. The van der Waals surface area contributed by atoms with Crippen LogP contribution in [0.1, 0.15) is 33.4 Å². The Morgan fingerprint density at radius 3 is 2.58 bits per heavy atom. The minimum Gasteiger partial charge on any atom is -0.475 e. The number of carboxylic acids is 1. The van der Waals surface area contributed by atoms with Crippen molar-refractivity contribution in [2.75, 3.05) is 11.9 Å². The van der Waals surface area contributed by atoms with E-state index in [0.717, 1.165) is 13.0 Å². The largest absolute Gasteiger partial charge is 0.490 e. The molecule has 7 nitrogen and oxygen atoms in total. The molecule has 3 heterocycles. The van der Waals surface area contributed by atoms with Crippen LogP contribution in [0, 0.1) is 0 Å². The average molecular weight is 388 g/mol. The quantitative estimate of drug-likeness (QED) is 0.747. The first-order chi connectivity index (χ1) is 12.3. The second-order valence-corrected chi connectivity index (χ2v) is 6.31. The molecule has 1 aliphatic rings. The van der Waals surface area contributed by atoms with Crippen molar-refractivity contribution in [2.45, 2.75) is 25.1 Å². The predicted molar refractivity (Wildman–Crippen MR) is 88.0 cm³/mol. The number of thiophene rings is 1. The molecule has 0 aliphatic carbocycles. The molecule has 140 valence electrons. The summed E-state index contributed by atoms with van der Waals surface area (Å²) in [6.45, 7) is 1.06. The molecule has 1 aliphatic heterocycles. The normalized spacial score (nSPS) is 16.5. The number of aliphatic carboxylic acids is 1. The van der Waals surface area contributed by atoms with Crippen LogP contribution in [0.15, 0.2) is 30.7 Å². The van der Waals surface area contributed by atoms with Gasteiger partial charge < -0.3 is 15.7 Å². The molecule has 2 aromatic rings. The van der Waals surface area contributed by atoms with Crippen molar-refractivity contribution >= 4 is 29.0 Å². The zero-order valence-corrected chi connectivity index (χ0v) is 14.1. The van der Waals surface area contributed by atoms with Gasteiger partial charge in [-0.05, 0) is 31.5 Å². The lowest BCUT2D eigenvalue weighted by Crippen LogP contribution is -2.21. The summed E-state index contributed by atoms with van der Waals surface area (Å²) in [5.41, 5.74) is 0. The molecule has 1 unspecified atom stereocenters. The third kappa shape index (κ3) is 5.77. The van der Waals surface area contributed by atoms with Crippen LogP contribution >= 0.6 is 11.3 Å². The molecule has 1 fully saturated rings. The number of halogens is 3. The van der Waals surface area contributed by atoms with Gasteiger partial charge in [-0.25, -0.2) is 9.78 Å². The number of hydrogen-bond donors (Lipinski definition) is 3. The SMILES string of the molecule is O=C(Nc1cnccn1)c1ccc(C2CCCN2)s1.O=C(O)C(F)(F)F. The Morgan fingerprint density at radius 2 is 2.04 bits per heavy atom. The van der Waals surface area contributed by atoms with Gasteiger partial charge in [0.1, 0.15) is 0 Å². The average Bonchev–Trinajstić information content (AvgIpc) is 3.27. The molecule has 3 N–H and O–H groups in total. The van der Waals surface area contributed by atoms with Gasteiger partial charge in [-0.15, -0.1) is 11.3 Å². The monoisotopic (exact) mass is 388 g/mol. The Morgan fingerprint density at radius 1 is 1.31 bits per heavy atom. The maximum absolute atomic E-state index is 12.1. The highest BCUT2D eigenvalue weighted by Gasteiger charge is 2.38. The van der Waals surface area contributed by atoms with Crippen molar-refractivity contribution in [1.82, 2.24) is 15.3 Å². The third-order valence-electron chi connectivity index (χ3n) is 3.30. The number of carbonyl (C=O) groups is 2. The second-order valence-electron chi connectivity index (χ2n) is 5.20. The fourth-order valence-corrected chi connectivity index (χ4v) is 3.14. The molecule has 26 heavy (non-hydrogen) atoms. The predicted octanol–water partition coefficient (Wildman–Crippen LogP) is 2.85. The van der Waals surface area contributed by atoms with Crippen LogP contribution in [0.25, 0.3) is 0 Å².